The summed E-state index contributed by atoms with van der Waals surface area (Å²) in [4.78, 5) is 31.4. The number of aryl methyl sites for hydroxylation is 1. The molecule has 1 aliphatic heterocycles. The number of benzene rings is 1. The van der Waals surface area contributed by atoms with Crippen LogP contribution < -0.4 is 15.5 Å². The molecule has 0 aliphatic carbocycles. The summed E-state index contributed by atoms with van der Waals surface area (Å²) in [5, 5.41) is 6.80. The van der Waals surface area contributed by atoms with E-state index in [0.29, 0.717) is 18.4 Å². The Labute approximate surface area is 185 Å². The summed E-state index contributed by atoms with van der Waals surface area (Å²) in [6.07, 6.45) is 3.65. The lowest BCUT2D eigenvalue weighted by Gasteiger charge is -2.36. The van der Waals surface area contributed by atoms with Crippen molar-refractivity contribution in [1.29, 1.82) is 0 Å². The average molecular weight is 425 g/mol. The van der Waals surface area contributed by atoms with Crippen LogP contribution in [0.5, 0.6) is 0 Å². The van der Waals surface area contributed by atoms with Crippen LogP contribution >= 0.6 is 0 Å². The number of hydrogen-bond acceptors (Lipinski definition) is 4. The first-order valence-electron chi connectivity index (χ1n) is 11.6. The van der Waals surface area contributed by atoms with Crippen molar-refractivity contribution in [2.45, 2.75) is 59.8 Å². The molecule has 31 heavy (non-hydrogen) atoms. The molecule has 0 saturated carbocycles. The molecule has 2 heterocycles. The number of carbonyl (C=O) groups excluding carboxylic acids is 2. The maximum atomic E-state index is 12.3. The zero-order chi connectivity index (χ0) is 22.4. The summed E-state index contributed by atoms with van der Waals surface area (Å²) in [5.74, 6) is 2.16. The van der Waals surface area contributed by atoms with Gasteiger partial charge in [-0.25, -0.2) is 4.98 Å². The van der Waals surface area contributed by atoms with Gasteiger partial charge >= 0.3 is 0 Å². The molecular weight excluding hydrogens is 388 g/mol. The fourth-order valence-electron chi connectivity index (χ4n) is 4.41. The quantitative estimate of drug-likeness (QED) is 0.605. The van der Waals surface area contributed by atoms with Gasteiger partial charge in [-0.2, -0.15) is 0 Å². The van der Waals surface area contributed by atoms with Crippen molar-refractivity contribution in [2.24, 2.45) is 11.8 Å². The molecule has 1 saturated heterocycles. The number of fused-ring (bicyclic) bond motifs is 1. The first kappa shape index (κ1) is 23.0. The summed E-state index contributed by atoms with van der Waals surface area (Å²) in [7, 11) is 0. The number of aromatic nitrogens is 1. The average Bonchev–Trinajstić information content (AvgIpc) is 2.72. The van der Waals surface area contributed by atoms with Gasteiger partial charge in [0.25, 0.3) is 0 Å². The molecule has 2 N–H and O–H groups in total. The van der Waals surface area contributed by atoms with Crippen molar-refractivity contribution in [2.75, 3.05) is 29.9 Å². The maximum Gasteiger partial charge on any atom is 0.224 e. The summed E-state index contributed by atoms with van der Waals surface area (Å²) in [5.41, 5.74) is 2.83. The Morgan fingerprint density at radius 2 is 1.81 bits per heavy atom. The van der Waals surface area contributed by atoms with Crippen LogP contribution in [0.3, 0.4) is 0 Å². The van der Waals surface area contributed by atoms with E-state index in [0.717, 1.165) is 53.9 Å². The molecular formula is C25H36N4O2. The van der Waals surface area contributed by atoms with Crippen LogP contribution in [0.4, 0.5) is 11.5 Å². The lowest BCUT2D eigenvalue weighted by Crippen LogP contribution is -2.39. The van der Waals surface area contributed by atoms with Crippen LogP contribution in [0.25, 0.3) is 10.9 Å². The van der Waals surface area contributed by atoms with E-state index < -0.39 is 0 Å². The molecule has 1 aromatic carbocycles. The van der Waals surface area contributed by atoms with Gasteiger partial charge in [0.15, 0.2) is 0 Å². The summed E-state index contributed by atoms with van der Waals surface area (Å²) < 4.78 is 0. The predicted octanol–water partition coefficient (Wildman–Crippen LogP) is 4.66. The molecule has 2 atom stereocenters. The molecule has 6 nitrogen and oxygen atoms in total. The number of amides is 2. The highest BCUT2D eigenvalue weighted by molar-refractivity contribution is 5.96. The minimum absolute atomic E-state index is 0.0731. The molecule has 2 aromatic rings. The van der Waals surface area contributed by atoms with Crippen molar-refractivity contribution >= 4 is 34.2 Å². The first-order chi connectivity index (χ1) is 14.9. The number of carbonyl (C=O) groups is 2. The second kappa shape index (κ2) is 10.6. The van der Waals surface area contributed by atoms with E-state index in [1.165, 1.54) is 6.42 Å². The monoisotopic (exact) mass is 424 g/mol. The standard InChI is InChI=1S/C25H36N4O2/c1-5-6-11-26-24(30)9-10-25(31)27-20-7-8-22-21(14-20)19(4)13-23(28-22)29-15-17(2)12-18(3)16-29/h7-8,13-14,17-18H,5-6,9-12,15-16H2,1-4H3,(H,26,30)(H,27,31). The summed E-state index contributed by atoms with van der Waals surface area (Å²) in [6.45, 7) is 11.5. The van der Waals surface area contributed by atoms with Gasteiger partial charge in [0.2, 0.25) is 11.8 Å². The third kappa shape index (κ3) is 6.42. The zero-order valence-electron chi connectivity index (χ0n) is 19.3. The summed E-state index contributed by atoms with van der Waals surface area (Å²) in [6, 6.07) is 7.98. The Morgan fingerprint density at radius 3 is 2.52 bits per heavy atom. The predicted molar refractivity (Wildman–Crippen MR) is 127 cm³/mol. The third-order valence-electron chi connectivity index (χ3n) is 5.91. The SMILES string of the molecule is CCCCNC(=O)CCC(=O)Nc1ccc2nc(N3CC(C)CC(C)C3)cc(C)c2c1. The molecule has 0 bridgehead atoms. The van der Waals surface area contributed by atoms with Crippen LogP contribution in [-0.4, -0.2) is 36.4 Å². The van der Waals surface area contributed by atoms with Crippen LogP contribution in [0.2, 0.25) is 0 Å². The minimum Gasteiger partial charge on any atom is -0.356 e. The third-order valence-corrected chi connectivity index (χ3v) is 5.91. The Bertz CT molecular complexity index is 917. The van der Waals surface area contributed by atoms with E-state index >= 15 is 0 Å². The number of pyridine rings is 1. The van der Waals surface area contributed by atoms with Crippen molar-refractivity contribution in [3.8, 4) is 0 Å². The number of unbranched alkanes of at least 4 members (excludes halogenated alkanes) is 1. The van der Waals surface area contributed by atoms with Crippen LogP contribution in [0, 0.1) is 18.8 Å². The Kier molecular flexibility index (Phi) is 7.88. The zero-order valence-corrected chi connectivity index (χ0v) is 19.3. The minimum atomic E-state index is -0.150. The van der Waals surface area contributed by atoms with Crippen LogP contribution in [-0.2, 0) is 9.59 Å². The molecule has 2 amide bonds. The normalized spacial score (nSPS) is 18.8. The smallest absolute Gasteiger partial charge is 0.224 e. The fraction of sp³-hybridized carbons (Fsp3) is 0.560. The highest BCUT2D eigenvalue weighted by Gasteiger charge is 2.23. The molecule has 2 unspecified atom stereocenters. The number of piperidine rings is 1. The molecule has 6 heteroatoms. The van der Waals surface area contributed by atoms with Crippen LogP contribution in [0.1, 0.15) is 58.4 Å². The van der Waals surface area contributed by atoms with E-state index in [2.05, 4.69) is 49.3 Å². The topological polar surface area (TPSA) is 74.3 Å². The lowest BCUT2D eigenvalue weighted by atomic mass is 9.92. The Balaban J connectivity index is 1.64. The van der Waals surface area contributed by atoms with Crippen molar-refractivity contribution in [3.05, 3.63) is 29.8 Å². The van der Waals surface area contributed by atoms with Gasteiger partial charge in [-0.05, 0) is 61.4 Å². The number of nitrogens with one attached hydrogen (secondary N) is 2. The second-order valence-corrected chi connectivity index (χ2v) is 9.13. The molecule has 3 rings (SSSR count). The molecule has 1 aliphatic rings. The van der Waals surface area contributed by atoms with Gasteiger partial charge in [-0.1, -0.05) is 27.2 Å². The number of anilines is 2. The van der Waals surface area contributed by atoms with Gasteiger partial charge in [0.1, 0.15) is 5.82 Å². The maximum absolute atomic E-state index is 12.3. The van der Waals surface area contributed by atoms with Crippen molar-refractivity contribution in [1.82, 2.24) is 10.3 Å². The highest BCUT2D eigenvalue weighted by atomic mass is 16.2. The first-order valence-corrected chi connectivity index (χ1v) is 11.6. The molecule has 1 aromatic heterocycles. The van der Waals surface area contributed by atoms with Gasteiger partial charge in [-0.15, -0.1) is 0 Å². The Hall–Kier alpha value is -2.63. The lowest BCUT2D eigenvalue weighted by molar-refractivity contribution is -0.124. The van der Waals surface area contributed by atoms with Crippen molar-refractivity contribution < 1.29 is 9.59 Å². The van der Waals surface area contributed by atoms with E-state index in [1.54, 1.807) is 0 Å². The fourth-order valence-corrected chi connectivity index (χ4v) is 4.41. The number of nitrogens with zero attached hydrogens (tertiary/aromatic N) is 2. The second-order valence-electron chi connectivity index (χ2n) is 9.13. The van der Waals surface area contributed by atoms with Gasteiger partial charge in [0, 0.05) is 43.5 Å². The number of hydrogen-bond donors (Lipinski definition) is 2. The summed E-state index contributed by atoms with van der Waals surface area (Å²) >= 11 is 0. The molecule has 0 radical (unpaired) electrons. The molecule has 1 fully saturated rings. The van der Waals surface area contributed by atoms with Gasteiger partial charge in [-0.3, -0.25) is 9.59 Å². The van der Waals surface area contributed by atoms with E-state index in [4.69, 9.17) is 4.98 Å². The van der Waals surface area contributed by atoms with Crippen LogP contribution in [0.15, 0.2) is 24.3 Å². The number of rotatable bonds is 8. The Morgan fingerprint density at radius 1 is 1.10 bits per heavy atom. The molecule has 0 spiro atoms. The van der Waals surface area contributed by atoms with E-state index in [1.807, 2.05) is 18.2 Å². The highest BCUT2D eigenvalue weighted by Crippen LogP contribution is 2.29. The van der Waals surface area contributed by atoms with Crippen molar-refractivity contribution in [3.63, 3.8) is 0 Å². The molecule has 168 valence electrons. The van der Waals surface area contributed by atoms with E-state index in [-0.39, 0.29) is 24.7 Å². The van der Waals surface area contributed by atoms with Gasteiger partial charge < -0.3 is 15.5 Å². The van der Waals surface area contributed by atoms with Gasteiger partial charge in [0.05, 0.1) is 5.52 Å². The van der Waals surface area contributed by atoms with E-state index in [9.17, 15) is 9.59 Å². The largest absolute Gasteiger partial charge is 0.356 e.